The van der Waals surface area contributed by atoms with Crippen LogP contribution in [0.5, 0.6) is 0 Å². The molecule has 0 unspecified atom stereocenters. The fourth-order valence-electron chi connectivity index (χ4n) is 2.61. The molecule has 0 radical (unpaired) electrons. The fraction of sp³-hybridized carbons (Fsp3) is 0.500. The van der Waals surface area contributed by atoms with Gasteiger partial charge in [-0.2, -0.15) is 0 Å². The van der Waals surface area contributed by atoms with E-state index in [1.165, 1.54) is 0 Å². The number of hydrogen-bond donors (Lipinski definition) is 0. The normalized spacial score (nSPS) is 27.2. The van der Waals surface area contributed by atoms with Crippen molar-refractivity contribution < 1.29 is 9.66 Å². The molecule has 0 amide bonds. The average molecular weight is 234 g/mol. The van der Waals surface area contributed by atoms with E-state index in [1.807, 2.05) is 12.1 Å². The number of ether oxygens (including phenoxy) is 1. The summed E-state index contributed by atoms with van der Waals surface area (Å²) in [5.41, 5.74) is 1.20. The van der Waals surface area contributed by atoms with E-state index < -0.39 is 0 Å². The summed E-state index contributed by atoms with van der Waals surface area (Å²) in [5, 5.41) is 10.6. The Labute approximate surface area is 99.1 Å². The van der Waals surface area contributed by atoms with Gasteiger partial charge in [0.1, 0.15) is 0 Å². The van der Waals surface area contributed by atoms with E-state index in [2.05, 4.69) is 4.90 Å². The second kappa shape index (κ2) is 4.00. The van der Waals surface area contributed by atoms with Gasteiger partial charge in [-0.15, -0.1) is 0 Å². The summed E-state index contributed by atoms with van der Waals surface area (Å²) in [4.78, 5) is 12.5. The number of hydrogen-bond acceptors (Lipinski definition) is 4. The molecular weight excluding hydrogens is 220 g/mol. The zero-order valence-corrected chi connectivity index (χ0v) is 9.41. The van der Waals surface area contributed by atoms with Crippen molar-refractivity contribution in [3.05, 3.63) is 34.4 Å². The Hall–Kier alpha value is -1.62. The van der Waals surface area contributed by atoms with Gasteiger partial charge in [0.25, 0.3) is 5.69 Å². The van der Waals surface area contributed by atoms with Crippen LogP contribution in [0.25, 0.3) is 0 Å². The molecule has 90 valence electrons. The van der Waals surface area contributed by atoms with Gasteiger partial charge in [0.05, 0.1) is 17.1 Å². The first-order valence-electron chi connectivity index (χ1n) is 5.87. The maximum Gasteiger partial charge on any atom is 0.269 e. The molecule has 0 N–H and O–H groups in total. The van der Waals surface area contributed by atoms with E-state index in [-0.39, 0.29) is 10.6 Å². The molecule has 1 aromatic carbocycles. The second-order valence-corrected chi connectivity index (χ2v) is 4.64. The zero-order chi connectivity index (χ0) is 11.8. The molecule has 17 heavy (non-hydrogen) atoms. The number of nitro groups is 1. The summed E-state index contributed by atoms with van der Waals surface area (Å²) in [6, 6.07) is 6.77. The maximum absolute atomic E-state index is 10.6. The number of morpholine rings is 1. The van der Waals surface area contributed by atoms with Crippen LogP contribution in [0.2, 0.25) is 0 Å². The SMILES string of the molecule is O=[N+]([O-])c1ccc(N2C[C@H]3CC[C@@H](C2)O3)cc1. The summed E-state index contributed by atoms with van der Waals surface area (Å²) in [7, 11) is 0. The molecule has 5 heteroatoms. The number of nitrogens with zero attached hydrogens (tertiary/aromatic N) is 2. The lowest BCUT2D eigenvalue weighted by molar-refractivity contribution is -0.384. The van der Waals surface area contributed by atoms with Gasteiger partial charge in [0, 0.05) is 30.9 Å². The third-order valence-electron chi connectivity index (χ3n) is 3.47. The third-order valence-corrected chi connectivity index (χ3v) is 3.47. The molecule has 2 heterocycles. The van der Waals surface area contributed by atoms with Crippen molar-refractivity contribution in [1.29, 1.82) is 0 Å². The van der Waals surface area contributed by atoms with E-state index >= 15 is 0 Å². The molecule has 2 saturated heterocycles. The standard InChI is InChI=1S/C12H14N2O3/c15-14(16)10-3-1-9(2-4-10)13-7-11-5-6-12(8-13)17-11/h1-4,11-12H,5-8H2/t11-,12+. The predicted octanol–water partition coefficient (Wildman–Crippen LogP) is 1.96. The van der Waals surface area contributed by atoms with E-state index in [4.69, 9.17) is 4.74 Å². The third kappa shape index (κ3) is 1.98. The van der Waals surface area contributed by atoms with Gasteiger partial charge < -0.3 is 9.64 Å². The maximum atomic E-state index is 10.6. The monoisotopic (exact) mass is 234 g/mol. The van der Waals surface area contributed by atoms with Crippen LogP contribution in [0.3, 0.4) is 0 Å². The van der Waals surface area contributed by atoms with Gasteiger partial charge >= 0.3 is 0 Å². The number of fused-ring (bicyclic) bond motifs is 2. The van der Waals surface area contributed by atoms with E-state index in [9.17, 15) is 10.1 Å². The number of benzene rings is 1. The Morgan fingerprint density at radius 3 is 2.29 bits per heavy atom. The van der Waals surface area contributed by atoms with Gasteiger partial charge in [-0.3, -0.25) is 10.1 Å². The summed E-state index contributed by atoms with van der Waals surface area (Å²) in [5.74, 6) is 0. The molecule has 0 aliphatic carbocycles. The van der Waals surface area contributed by atoms with Gasteiger partial charge in [0.15, 0.2) is 0 Å². The van der Waals surface area contributed by atoms with Gasteiger partial charge in [-0.1, -0.05) is 0 Å². The molecule has 1 aromatic rings. The van der Waals surface area contributed by atoms with E-state index in [0.29, 0.717) is 12.2 Å². The van der Waals surface area contributed by atoms with Crippen LogP contribution in [0, 0.1) is 10.1 Å². The highest BCUT2D eigenvalue weighted by molar-refractivity contribution is 5.51. The molecule has 0 aromatic heterocycles. The Morgan fingerprint density at radius 2 is 1.76 bits per heavy atom. The largest absolute Gasteiger partial charge is 0.371 e. The molecule has 0 saturated carbocycles. The summed E-state index contributed by atoms with van der Waals surface area (Å²) in [6.45, 7) is 1.79. The van der Waals surface area contributed by atoms with E-state index in [1.54, 1.807) is 12.1 Å². The fourth-order valence-corrected chi connectivity index (χ4v) is 2.61. The molecule has 3 rings (SSSR count). The predicted molar refractivity (Wildman–Crippen MR) is 63.2 cm³/mol. The number of non-ortho nitro benzene ring substituents is 1. The summed E-state index contributed by atoms with van der Waals surface area (Å²) in [6.07, 6.45) is 2.94. The first-order valence-corrected chi connectivity index (χ1v) is 5.87. The Bertz CT molecular complexity index is 420. The van der Waals surface area contributed by atoms with Gasteiger partial charge in [-0.25, -0.2) is 0 Å². The van der Waals surface area contributed by atoms with Crippen LogP contribution in [0.1, 0.15) is 12.8 Å². The van der Waals surface area contributed by atoms with Crippen molar-refractivity contribution in [3.8, 4) is 0 Å². The minimum atomic E-state index is -0.368. The van der Waals surface area contributed by atoms with Crippen molar-refractivity contribution in [2.45, 2.75) is 25.0 Å². The molecule has 2 bridgehead atoms. The summed E-state index contributed by atoms with van der Waals surface area (Å²) < 4.78 is 5.76. The Balaban J connectivity index is 1.78. The summed E-state index contributed by atoms with van der Waals surface area (Å²) >= 11 is 0. The molecule has 2 fully saturated rings. The number of nitro benzene ring substituents is 1. The highest BCUT2D eigenvalue weighted by Gasteiger charge is 2.33. The lowest BCUT2D eigenvalue weighted by Gasteiger charge is -2.33. The van der Waals surface area contributed by atoms with Crippen molar-refractivity contribution in [2.24, 2.45) is 0 Å². The first kappa shape index (κ1) is 10.5. The van der Waals surface area contributed by atoms with Crippen LogP contribution in [-0.4, -0.2) is 30.2 Å². The minimum absolute atomic E-state index is 0.144. The Kier molecular flexibility index (Phi) is 2.48. The topological polar surface area (TPSA) is 55.6 Å². The lowest BCUT2D eigenvalue weighted by Crippen LogP contribution is -2.42. The second-order valence-electron chi connectivity index (χ2n) is 4.64. The van der Waals surface area contributed by atoms with Crippen LogP contribution >= 0.6 is 0 Å². The van der Waals surface area contributed by atoms with E-state index in [0.717, 1.165) is 31.6 Å². The van der Waals surface area contributed by atoms with Gasteiger partial charge in [-0.05, 0) is 25.0 Å². The van der Waals surface area contributed by atoms with Crippen LogP contribution < -0.4 is 4.90 Å². The zero-order valence-electron chi connectivity index (χ0n) is 9.41. The molecule has 0 spiro atoms. The van der Waals surface area contributed by atoms with Crippen LogP contribution in [0.4, 0.5) is 11.4 Å². The molecule has 2 aliphatic rings. The highest BCUT2D eigenvalue weighted by Crippen LogP contribution is 2.30. The number of anilines is 1. The van der Waals surface area contributed by atoms with Crippen LogP contribution in [-0.2, 0) is 4.74 Å². The molecular formula is C12H14N2O3. The van der Waals surface area contributed by atoms with Crippen molar-refractivity contribution in [2.75, 3.05) is 18.0 Å². The molecule has 2 aliphatic heterocycles. The number of rotatable bonds is 2. The van der Waals surface area contributed by atoms with Crippen molar-refractivity contribution in [3.63, 3.8) is 0 Å². The van der Waals surface area contributed by atoms with Crippen molar-refractivity contribution in [1.82, 2.24) is 0 Å². The van der Waals surface area contributed by atoms with Crippen molar-refractivity contribution >= 4 is 11.4 Å². The minimum Gasteiger partial charge on any atom is -0.371 e. The van der Waals surface area contributed by atoms with Crippen LogP contribution in [0.15, 0.2) is 24.3 Å². The lowest BCUT2D eigenvalue weighted by atomic mass is 10.2. The smallest absolute Gasteiger partial charge is 0.269 e. The molecule has 5 nitrogen and oxygen atoms in total. The quantitative estimate of drug-likeness (QED) is 0.580. The Morgan fingerprint density at radius 1 is 1.18 bits per heavy atom. The first-order chi connectivity index (χ1) is 8.22. The molecule has 2 atom stereocenters. The average Bonchev–Trinajstić information content (AvgIpc) is 2.68. The van der Waals surface area contributed by atoms with Gasteiger partial charge in [0.2, 0.25) is 0 Å². The highest BCUT2D eigenvalue weighted by atomic mass is 16.6.